The summed E-state index contributed by atoms with van der Waals surface area (Å²) in [6.45, 7) is 8.63. The summed E-state index contributed by atoms with van der Waals surface area (Å²) in [6, 6.07) is 3.73. The summed E-state index contributed by atoms with van der Waals surface area (Å²) in [5.74, 6) is 0.507. The molecule has 1 aliphatic heterocycles. The third-order valence-corrected chi connectivity index (χ3v) is 3.48. The van der Waals surface area contributed by atoms with Crippen LogP contribution in [-0.2, 0) is 10.2 Å². The largest absolute Gasteiger partial charge is 0.368 e. The van der Waals surface area contributed by atoms with E-state index in [0.29, 0.717) is 6.54 Å². The van der Waals surface area contributed by atoms with Crippen LogP contribution in [0.3, 0.4) is 0 Å². The molecule has 104 valence electrons. The lowest BCUT2D eigenvalue weighted by Gasteiger charge is -2.35. The number of hydrogen-bond donors (Lipinski definition) is 2. The molecule has 1 aromatic heterocycles. The molecule has 0 aliphatic carbocycles. The number of nitrogens with one attached hydrogen (secondary N) is 1. The molecule has 5 heteroatoms. The van der Waals surface area contributed by atoms with Crippen LogP contribution in [-0.4, -0.2) is 36.6 Å². The van der Waals surface area contributed by atoms with Crippen LogP contribution in [0, 0.1) is 0 Å². The number of pyridine rings is 1. The Kier molecular flexibility index (Phi) is 3.75. The van der Waals surface area contributed by atoms with E-state index in [0.717, 1.165) is 18.9 Å². The molecule has 0 radical (unpaired) electrons. The fourth-order valence-corrected chi connectivity index (χ4v) is 2.23. The van der Waals surface area contributed by atoms with Gasteiger partial charge in [-0.1, -0.05) is 26.8 Å². The van der Waals surface area contributed by atoms with Crippen molar-refractivity contribution in [3.63, 3.8) is 0 Å². The van der Waals surface area contributed by atoms with E-state index in [2.05, 4.69) is 37.1 Å². The standard InChI is InChI=1S/C14H22N4O/c1-14(2,3)10-4-5-12(17-8-10)18-7-6-16-9-11(18)13(15)19/h4-5,8,11,16H,6-7,9H2,1-3H3,(H2,15,19). The Morgan fingerprint density at radius 1 is 1.47 bits per heavy atom. The van der Waals surface area contributed by atoms with Crippen molar-refractivity contribution < 1.29 is 4.79 Å². The third-order valence-electron chi connectivity index (χ3n) is 3.48. The Hall–Kier alpha value is -1.62. The molecule has 1 amide bonds. The first-order valence-corrected chi connectivity index (χ1v) is 6.63. The molecule has 2 heterocycles. The lowest BCUT2D eigenvalue weighted by Crippen LogP contribution is -2.57. The van der Waals surface area contributed by atoms with E-state index >= 15 is 0 Å². The zero-order chi connectivity index (χ0) is 14.0. The van der Waals surface area contributed by atoms with Gasteiger partial charge >= 0.3 is 0 Å². The highest BCUT2D eigenvalue weighted by Crippen LogP contribution is 2.23. The topological polar surface area (TPSA) is 71.2 Å². The van der Waals surface area contributed by atoms with Gasteiger partial charge in [0.1, 0.15) is 11.9 Å². The molecule has 1 unspecified atom stereocenters. The predicted octanol–water partition coefficient (Wildman–Crippen LogP) is 0.643. The second-order valence-electron chi connectivity index (χ2n) is 5.97. The first-order valence-electron chi connectivity index (χ1n) is 6.63. The minimum atomic E-state index is -0.318. The van der Waals surface area contributed by atoms with Crippen molar-refractivity contribution >= 4 is 11.7 Å². The minimum Gasteiger partial charge on any atom is -0.368 e. The molecule has 1 atom stereocenters. The Balaban J connectivity index is 2.23. The number of primary amides is 1. The highest BCUT2D eigenvalue weighted by Gasteiger charge is 2.27. The summed E-state index contributed by atoms with van der Waals surface area (Å²) >= 11 is 0. The molecule has 0 aromatic carbocycles. The molecule has 5 nitrogen and oxygen atoms in total. The maximum absolute atomic E-state index is 11.5. The Morgan fingerprint density at radius 2 is 2.21 bits per heavy atom. The molecule has 0 bridgehead atoms. The van der Waals surface area contributed by atoms with Gasteiger partial charge in [-0.05, 0) is 17.0 Å². The maximum Gasteiger partial charge on any atom is 0.241 e. The van der Waals surface area contributed by atoms with Crippen molar-refractivity contribution in [2.45, 2.75) is 32.2 Å². The second kappa shape index (κ2) is 5.17. The summed E-state index contributed by atoms with van der Waals surface area (Å²) in [4.78, 5) is 17.9. The highest BCUT2D eigenvalue weighted by atomic mass is 16.1. The van der Waals surface area contributed by atoms with E-state index in [1.165, 1.54) is 5.56 Å². The van der Waals surface area contributed by atoms with Crippen molar-refractivity contribution in [1.82, 2.24) is 10.3 Å². The fraction of sp³-hybridized carbons (Fsp3) is 0.571. The van der Waals surface area contributed by atoms with Gasteiger partial charge in [0.2, 0.25) is 5.91 Å². The number of carbonyl (C=O) groups is 1. The van der Waals surface area contributed by atoms with Crippen molar-refractivity contribution in [3.8, 4) is 0 Å². The average Bonchev–Trinajstić information content (AvgIpc) is 2.38. The van der Waals surface area contributed by atoms with E-state index in [1.807, 2.05) is 17.2 Å². The highest BCUT2D eigenvalue weighted by molar-refractivity contribution is 5.83. The number of aromatic nitrogens is 1. The van der Waals surface area contributed by atoms with Gasteiger partial charge in [0.05, 0.1) is 0 Å². The van der Waals surface area contributed by atoms with Crippen molar-refractivity contribution in [3.05, 3.63) is 23.9 Å². The lowest BCUT2D eigenvalue weighted by molar-refractivity contribution is -0.119. The molecule has 19 heavy (non-hydrogen) atoms. The molecule has 1 fully saturated rings. The van der Waals surface area contributed by atoms with E-state index in [-0.39, 0.29) is 17.4 Å². The van der Waals surface area contributed by atoms with Crippen LogP contribution in [0.25, 0.3) is 0 Å². The fourth-order valence-electron chi connectivity index (χ4n) is 2.23. The van der Waals surface area contributed by atoms with E-state index in [9.17, 15) is 4.79 Å². The number of nitrogens with two attached hydrogens (primary N) is 1. The lowest BCUT2D eigenvalue weighted by atomic mass is 9.88. The summed E-state index contributed by atoms with van der Waals surface area (Å²) in [6.07, 6.45) is 1.88. The molecular weight excluding hydrogens is 240 g/mol. The SMILES string of the molecule is CC(C)(C)c1ccc(N2CCNCC2C(N)=O)nc1. The van der Waals surface area contributed by atoms with Crippen molar-refractivity contribution in [1.29, 1.82) is 0 Å². The van der Waals surface area contributed by atoms with Gasteiger partial charge in [-0.3, -0.25) is 4.79 Å². The zero-order valence-corrected chi connectivity index (χ0v) is 11.8. The number of anilines is 1. The molecule has 0 spiro atoms. The molecule has 1 aromatic rings. The average molecular weight is 262 g/mol. The van der Waals surface area contributed by atoms with Gasteiger partial charge < -0.3 is 16.0 Å². The van der Waals surface area contributed by atoms with Crippen LogP contribution in [0.5, 0.6) is 0 Å². The summed E-state index contributed by atoms with van der Waals surface area (Å²) in [5, 5.41) is 3.18. The molecule has 2 rings (SSSR count). The Bertz CT molecular complexity index is 450. The number of nitrogens with zero attached hydrogens (tertiary/aromatic N) is 2. The Labute approximate surface area is 114 Å². The number of piperazine rings is 1. The minimum absolute atomic E-state index is 0.0814. The second-order valence-corrected chi connectivity index (χ2v) is 5.97. The third kappa shape index (κ3) is 3.04. The molecule has 0 saturated carbocycles. The first kappa shape index (κ1) is 13.8. The molecular formula is C14H22N4O. The predicted molar refractivity (Wildman–Crippen MR) is 76.1 cm³/mol. The first-order chi connectivity index (χ1) is 8.89. The molecule has 3 N–H and O–H groups in total. The number of carbonyl (C=O) groups excluding carboxylic acids is 1. The summed E-state index contributed by atoms with van der Waals surface area (Å²) in [5.41, 5.74) is 6.71. The molecule has 1 aliphatic rings. The van der Waals surface area contributed by atoms with E-state index in [4.69, 9.17) is 5.73 Å². The van der Waals surface area contributed by atoms with E-state index < -0.39 is 0 Å². The van der Waals surface area contributed by atoms with Crippen LogP contribution in [0.15, 0.2) is 18.3 Å². The van der Waals surface area contributed by atoms with Gasteiger partial charge in [-0.15, -0.1) is 0 Å². The van der Waals surface area contributed by atoms with Gasteiger partial charge in [0.25, 0.3) is 0 Å². The van der Waals surface area contributed by atoms with Gasteiger partial charge in [-0.2, -0.15) is 0 Å². The van der Waals surface area contributed by atoms with Crippen LogP contribution in [0.4, 0.5) is 5.82 Å². The van der Waals surface area contributed by atoms with Crippen molar-refractivity contribution in [2.24, 2.45) is 5.73 Å². The normalized spacial score (nSPS) is 20.4. The number of amides is 1. The van der Waals surface area contributed by atoms with Crippen LogP contribution >= 0.6 is 0 Å². The van der Waals surface area contributed by atoms with Crippen LogP contribution in [0.1, 0.15) is 26.3 Å². The van der Waals surface area contributed by atoms with Crippen LogP contribution in [0.2, 0.25) is 0 Å². The van der Waals surface area contributed by atoms with Gasteiger partial charge in [0, 0.05) is 25.8 Å². The van der Waals surface area contributed by atoms with Crippen molar-refractivity contribution in [2.75, 3.05) is 24.5 Å². The number of hydrogen-bond acceptors (Lipinski definition) is 4. The monoisotopic (exact) mass is 262 g/mol. The Morgan fingerprint density at radius 3 is 2.74 bits per heavy atom. The zero-order valence-electron chi connectivity index (χ0n) is 11.8. The maximum atomic E-state index is 11.5. The number of rotatable bonds is 2. The summed E-state index contributed by atoms with van der Waals surface area (Å²) in [7, 11) is 0. The molecule has 1 saturated heterocycles. The summed E-state index contributed by atoms with van der Waals surface area (Å²) < 4.78 is 0. The smallest absolute Gasteiger partial charge is 0.241 e. The van der Waals surface area contributed by atoms with Gasteiger partial charge in [0.15, 0.2) is 0 Å². The van der Waals surface area contributed by atoms with Crippen LogP contribution < -0.4 is 16.0 Å². The van der Waals surface area contributed by atoms with Gasteiger partial charge in [-0.25, -0.2) is 4.98 Å². The quantitative estimate of drug-likeness (QED) is 0.820. The van der Waals surface area contributed by atoms with E-state index in [1.54, 1.807) is 0 Å².